The number of ether oxygens (including phenoxy) is 4. The van der Waals surface area contributed by atoms with Crippen LogP contribution in [0.2, 0.25) is 0 Å². The smallest absolute Gasteiger partial charge is 0.432 e. The summed E-state index contributed by atoms with van der Waals surface area (Å²) in [6, 6.07) is 16.4. The number of carbonyl (C=O) groups is 2. The molecule has 0 saturated carbocycles. The fourth-order valence-electron chi connectivity index (χ4n) is 4.30. The van der Waals surface area contributed by atoms with Crippen molar-refractivity contribution in [2.45, 2.75) is 49.6 Å². The van der Waals surface area contributed by atoms with E-state index in [0.29, 0.717) is 0 Å². The summed E-state index contributed by atoms with van der Waals surface area (Å²) in [5.74, 6) is -3.53. The summed E-state index contributed by atoms with van der Waals surface area (Å²) in [5.41, 5.74) is -8.04. The van der Waals surface area contributed by atoms with Crippen LogP contribution in [0.25, 0.3) is 0 Å². The van der Waals surface area contributed by atoms with Gasteiger partial charge >= 0.3 is 24.3 Å². The number of pyridine rings is 1. The number of hydrogen-bond donors (Lipinski definition) is 0. The van der Waals surface area contributed by atoms with Crippen LogP contribution < -0.4 is 0 Å². The van der Waals surface area contributed by atoms with Gasteiger partial charge in [-0.25, -0.2) is 9.59 Å². The molecule has 0 bridgehead atoms. The summed E-state index contributed by atoms with van der Waals surface area (Å²) >= 11 is 0. The summed E-state index contributed by atoms with van der Waals surface area (Å²) in [5, 5.41) is 0. The first kappa shape index (κ1) is 32.5. The molecule has 1 heterocycles. The number of carbonyl (C=O) groups excluding carboxylic acids is 2. The molecular weight excluding hydrogens is 572 g/mol. The molecule has 0 aliphatic heterocycles. The fourth-order valence-corrected chi connectivity index (χ4v) is 4.30. The Bertz CT molecular complexity index is 1270. The summed E-state index contributed by atoms with van der Waals surface area (Å²) in [6.45, 7) is 2.50. The second-order valence-electron chi connectivity index (χ2n) is 9.08. The van der Waals surface area contributed by atoms with E-state index in [9.17, 15) is 35.9 Å². The van der Waals surface area contributed by atoms with Crippen molar-refractivity contribution in [3.63, 3.8) is 0 Å². The normalized spacial score (nSPS) is 16.4. The lowest BCUT2D eigenvalue weighted by molar-refractivity contribution is -0.279. The molecule has 0 fully saturated rings. The van der Waals surface area contributed by atoms with Gasteiger partial charge in [-0.3, -0.25) is 4.98 Å². The van der Waals surface area contributed by atoms with Crippen LogP contribution >= 0.6 is 0 Å². The molecule has 0 radical (unpaired) electrons. The summed E-state index contributed by atoms with van der Waals surface area (Å²) in [4.78, 5) is 30.1. The standard InChI is InChI=1S/C29H27F6NO6/c1-18(41-24(37)26(39-3,28(30,31)32)20-12-7-5-8-13-20)22-16-11-17-23(36-22)19(2)42-25(38)27(40-4,29(33,34)35)21-14-9-6-10-15-21/h5-19H,1-4H3/t18-,19-,26?,27?/m0/s1. The molecule has 0 saturated heterocycles. The maximum atomic E-state index is 14.2. The molecule has 2 unspecified atom stereocenters. The Morgan fingerprint density at radius 1 is 0.595 bits per heavy atom. The highest BCUT2D eigenvalue weighted by atomic mass is 19.4. The van der Waals surface area contributed by atoms with Gasteiger partial charge in [0.15, 0.2) is 0 Å². The van der Waals surface area contributed by atoms with Gasteiger partial charge < -0.3 is 18.9 Å². The molecule has 7 nitrogen and oxygen atoms in total. The third-order valence-corrected chi connectivity index (χ3v) is 6.54. The lowest BCUT2D eigenvalue weighted by atomic mass is 9.92. The Morgan fingerprint density at radius 3 is 1.21 bits per heavy atom. The zero-order valence-corrected chi connectivity index (χ0v) is 22.8. The number of hydrogen-bond acceptors (Lipinski definition) is 7. The second-order valence-corrected chi connectivity index (χ2v) is 9.08. The van der Waals surface area contributed by atoms with Gasteiger partial charge in [0.1, 0.15) is 12.2 Å². The molecule has 0 spiro atoms. The molecule has 226 valence electrons. The molecule has 42 heavy (non-hydrogen) atoms. The lowest BCUT2D eigenvalue weighted by Crippen LogP contribution is -2.52. The third-order valence-electron chi connectivity index (χ3n) is 6.54. The van der Waals surface area contributed by atoms with Gasteiger partial charge in [0.2, 0.25) is 0 Å². The molecule has 0 amide bonds. The minimum absolute atomic E-state index is 0.0686. The molecule has 3 aromatic rings. The molecule has 13 heteroatoms. The molecule has 3 rings (SSSR count). The van der Waals surface area contributed by atoms with Gasteiger partial charge in [-0.1, -0.05) is 66.7 Å². The van der Waals surface area contributed by atoms with Crippen molar-refractivity contribution in [1.82, 2.24) is 4.98 Å². The van der Waals surface area contributed by atoms with E-state index in [1.165, 1.54) is 68.4 Å². The zero-order chi connectivity index (χ0) is 31.3. The van der Waals surface area contributed by atoms with Crippen molar-refractivity contribution in [2.75, 3.05) is 14.2 Å². The fraction of sp³-hybridized carbons (Fsp3) is 0.345. The molecule has 0 N–H and O–H groups in total. The number of aromatic nitrogens is 1. The van der Waals surface area contributed by atoms with Crippen LogP contribution in [0, 0.1) is 0 Å². The molecule has 0 aliphatic carbocycles. The van der Waals surface area contributed by atoms with Crippen molar-refractivity contribution in [3.8, 4) is 0 Å². The Labute approximate surface area is 237 Å². The molecule has 0 aliphatic rings. The first-order chi connectivity index (χ1) is 19.7. The van der Waals surface area contributed by atoms with Gasteiger partial charge in [-0.2, -0.15) is 26.3 Å². The van der Waals surface area contributed by atoms with Crippen LogP contribution in [0.4, 0.5) is 26.3 Å². The number of alkyl halides is 6. The van der Waals surface area contributed by atoms with Crippen LogP contribution in [0.5, 0.6) is 0 Å². The van der Waals surface area contributed by atoms with Crippen molar-refractivity contribution in [3.05, 3.63) is 101 Å². The first-order valence-corrected chi connectivity index (χ1v) is 12.4. The lowest BCUT2D eigenvalue weighted by Gasteiger charge is -2.33. The maximum Gasteiger partial charge on any atom is 0.432 e. The largest absolute Gasteiger partial charge is 0.453 e. The van der Waals surface area contributed by atoms with Gasteiger partial charge in [0, 0.05) is 25.3 Å². The third kappa shape index (κ3) is 5.97. The van der Waals surface area contributed by atoms with Crippen LogP contribution in [-0.2, 0) is 39.7 Å². The van der Waals surface area contributed by atoms with Crippen LogP contribution in [0.15, 0.2) is 78.9 Å². The highest BCUT2D eigenvalue weighted by molar-refractivity contribution is 5.83. The average Bonchev–Trinajstić information content (AvgIpc) is 2.94. The molecule has 4 atom stereocenters. The number of rotatable bonds is 10. The molecule has 2 aromatic carbocycles. The van der Waals surface area contributed by atoms with Gasteiger partial charge in [-0.15, -0.1) is 0 Å². The van der Waals surface area contributed by atoms with Gasteiger partial charge in [0.05, 0.1) is 11.4 Å². The average molecular weight is 600 g/mol. The first-order valence-electron chi connectivity index (χ1n) is 12.4. The minimum Gasteiger partial charge on any atom is -0.453 e. The number of nitrogens with zero attached hydrogens (tertiary/aromatic N) is 1. The van der Waals surface area contributed by atoms with Gasteiger partial charge in [0.25, 0.3) is 11.2 Å². The van der Waals surface area contributed by atoms with E-state index in [1.807, 2.05) is 0 Å². The van der Waals surface area contributed by atoms with E-state index in [0.717, 1.165) is 38.5 Å². The summed E-state index contributed by atoms with van der Waals surface area (Å²) in [6.07, 6.45) is -13.2. The van der Waals surface area contributed by atoms with Crippen molar-refractivity contribution >= 4 is 11.9 Å². The zero-order valence-electron chi connectivity index (χ0n) is 22.8. The SMILES string of the molecule is COC(C(=O)O[C@@H](C)c1cccc([C@H](C)OC(=O)C(OC)(c2ccccc2)C(F)(F)F)n1)(c1ccccc1)C(F)(F)F. The van der Waals surface area contributed by atoms with E-state index in [1.54, 1.807) is 0 Å². The Morgan fingerprint density at radius 2 is 0.929 bits per heavy atom. The Kier molecular flexibility index (Phi) is 9.68. The maximum absolute atomic E-state index is 14.2. The van der Waals surface area contributed by atoms with Crippen molar-refractivity contribution < 1.29 is 54.9 Å². The topological polar surface area (TPSA) is 84.0 Å². The van der Waals surface area contributed by atoms with E-state index in [4.69, 9.17) is 18.9 Å². The van der Waals surface area contributed by atoms with Crippen LogP contribution in [0.3, 0.4) is 0 Å². The van der Waals surface area contributed by atoms with E-state index >= 15 is 0 Å². The van der Waals surface area contributed by atoms with Crippen LogP contribution in [-0.4, -0.2) is 43.5 Å². The predicted molar refractivity (Wildman–Crippen MR) is 136 cm³/mol. The quantitative estimate of drug-likeness (QED) is 0.194. The number of benzene rings is 2. The summed E-state index contributed by atoms with van der Waals surface area (Å²) < 4.78 is 105. The highest BCUT2D eigenvalue weighted by Crippen LogP contribution is 2.45. The van der Waals surface area contributed by atoms with Crippen molar-refractivity contribution in [1.29, 1.82) is 0 Å². The summed E-state index contributed by atoms with van der Waals surface area (Å²) in [7, 11) is 1.44. The number of methoxy groups -OCH3 is 2. The van der Waals surface area contributed by atoms with Crippen molar-refractivity contribution in [2.24, 2.45) is 0 Å². The minimum atomic E-state index is -5.21. The second kappa shape index (κ2) is 12.5. The van der Waals surface area contributed by atoms with Gasteiger partial charge in [-0.05, 0) is 26.0 Å². The van der Waals surface area contributed by atoms with Crippen LogP contribution in [0.1, 0.15) is 48.6 Å². The van der Waals surface area contributed by atoms with E-state index < -0.39 is 58.8 Å². The number of halogens is 6. The Hall–Kier alpha value is -3.97. The number of esters is 2. The Balaban J connectivity index is 1.88. The van der Waals surface area contributed by atoms with E-state index in [-0.39, 0.29) is 11.4 Å². The molecule has 1 aromatic heterocycles. The highest BCUT2D eigenvalue weighted by Gasteiger charge is 2.65. The molecular formula is C29H27F6NO6. The monoisotopic (exact) mass is 599 g/mol. The predicted octanol–water partition coefficient (Wildman–Crippen LogP) is 6.50. The van der Waals surface area contributed by atoms with E-state index in [2.05, 4.69) is 4.98 Å².